The lowest BCUT2D eigenvalue weighted by molar-refractivity contribution is -0.121. The maximum absolute atomic E-state index is 12.4. The topological polar surface area (TPSA) is 74.8 Å². The first-order valence-corrected chi connectivity index (χ1v) is 9.23. The Hall–Kier alpha value is -1.69. The molecule has 0 fully saturated rings. The summed E-state index contributed by atoms with van der Waals surface area (Å²) >= 11 is 1.64. The molecule has 0 bridgehead atoms. The van der Waals surface area contributed by atoms with Gasteiger partial charge in [-0.2, -0.15) is 0 Å². The second kappa shape index (κ2) is 6.83. The summed E-state index contributed by atoms with van der Waals surface area (Å²) in [6, 6.07) is 0.181. The van der Waals surface area contributed by atoms with Crippen molar-refractivity contribution in [2.24, 2.45) is 0 Å². The highest BCUT2D eigenvalue weighted by molar-refractivity contribution is 7.18. The van der Waals surface area contributed by atoms with Gasteiger partial charge in [0, 0.05) is 23.8 Å². The first kappa shape index (κ1) is 16.2. The summed E-state index contributed by atoms with van der Waals surface area (Å²) in [7, 11) is 0. The van der Waals surface area contributed by atoms with E-state index in [9.17, 15) is 9.59 Å². The molecule has 2 aromatic heterocycles. The van der Waals surface area contributed by atoms with Crippen molar-refractivity contribution in [3.05, 3.63) is 26.6 Å². The Morgan fingerprint density at radius 2 is 2.17 bits per heavy atom. The Bertz CT molecular complexity index is 778. The average Bonchev–Trinajstić information content (AvgIpc) is 2.91. The number of thiophene rings is 1. The molecule has 0 radical (unpaired) electrons. The lowest BCUT2D eigenvalue weighted by Gasteiger charge is -2.11. The average molecular weight is 333 g/mol. The van der Waals surface area contributed by atoms with Crippen LogP contribution in [-0.2, 0) is 24.1 Å². The molecule has 1 atom stereocenters. The van der Waals surface area contributed by atoms with Crippen LogP contribution in [0.15, 0.2) is 4.79 Å². The highest BCUT2D eigenvalue weighted by atomic mass is 32.1. The van der Waals surface area contributed by atoms with E-state index in [-0.39, 0.29) is 17.5 Å². The molecule has 2 N–H and O–H groups in total. The summed E-state index contributed by atoms with van der Waals surface area (Å²) in [4.78, 5) is 33.9. The third kappa shape index (κ3) is 3.47. The number of aromatic nitrogens is 2. The third-order valence-corrected chi connectivity index (χ3v) is 5.67. The van der Waals surface area contributed by atoms with Crippen LogP contribution in [0.2, 0.25) is 0 Å². The van der Waals surface area contributed by atoms with Gasteiger partial charge in [0.25, 0.3) is 5.56 Å². The lowest BCUT2D eigenvalue weighted by Crippen LogP contribution is -2.32. The van der Waals surface area contributed by atoms with Crippen molar-refractivity contribution in [2.75, 3.05) is 0 Å². The highest BCUT2D eigenvalue weighted by Crippen LogP contribution is 2.33. The van der Waals surface area contributed by atoms with E-state index in [0.717, 1.165) is 35.9 Å². The number of aryl methyl sites for hydroxylation is 3. The number of fused-ring (bicyclic) bond motifs is 3. The molecule has 23 heavy (non-hydrogen) atoms. The first-order chi connectivity index (χ1) is 11.1. The standard InChI is InChI=1S/C17H23N3O2S/c1-3-10(2)18-14(21)9-8-13-19-16(22)15-11-6-4-5-7-12(11)23-17(15)20-13/h10H,3-9H2,1-2H3,(H,18,21)(H,19,20,22). The molecule has 1 amide bonds. The number of hydrogen-bond donors (Lipinski definition) is 2. The molecule has 6 heteroatoms. The Kier molecular flexibility index (Phi) is 4.80. The van der Waals surface area contributed by atoms with Crippen molar-refractivity contribution in [2.45, 2.75) is 64.8 Å². The number of amides is 1. The van der Waals surface area contributed by atoms with E-state index in [1.165, 1.54) is 16.9 Å². The maximum atomic E-state index is 12.4. The van der Waals surface area contributed by atoms with Crippen molar-refractivity contribution in [3.8, 4) is 0 Å². The van der Waals surface area contributed by atoms with E-state index in [1.807, 2.05) is 13.8 Å². The second-order valence-electron chi connectivity index (χ2n) is 6.28. The molecule has 1 aliphatic rings. The van der Waals surface area contributed by atoms with Gasteiger partial charge in [0.05, 0.1) is 5.39 Å². The first-order valence-electron chi connectivity index (χ1n) is 8.41. The van der Waals surface area contributed by atoms with E-state index in [2.05, 4.69) is 15.3 Å². The minimum atomic E-state index is -0.0493. The summed E-state index contributed by atoms with van der Waals surface area (Å²) in [6.07, 6.45) is 6.11. The molecule has 0 aromatic carbocycles. The minimum absolute atomic E-state index is 0.00701. The van der Waals surface area contributed by atoms with Crippen LogP contribution in [0.25, 0.3) is 10.2 Å². The highest BCUT2D eigenvalue weighted by Gasteiger charge is 2.19. The number of carbonyl (C=O) groups is 1. The van der Waals surface area contributed by atoms with E-state index in [0.29, 0.717) is 18.7 Å². The van der Waals surface area contributed by atoms with Gasteiger partial charge in [0.2, 0.25) is 5.91 Å². The lowest BCUT2D eigenvalue weighted by atomic mass is 9.97. The predicted molar refractivity (Wildman–Crippen MR) is 93.1 cm³/mol. The van der Waals surface area contributed by atoms with Crippen LogP contribution in [0.1, 0.15) is 55.8 Å². The van der Waals surface area contributed by atoms with Crippen molar-refractivity contribution in [3.63, 3.8) is 0 Å². The van der Waals surface area contributed by atoms with Gasteiger partial charge >= 0.3 is 0 Å². The van der Waals surface area contributed by atoms with Gasteiger partial charge in [0.15, 0.2) is 0 Å². The molecule has 0 aliphatic heterocycles. The molecule has 1 unspecified atom stereocenters. The van der Waals surface area contributed by atoms with E-state index < -0.39 is 0 Å². The number of rotatable bonds is 5. The molecule has 5 nitrogen and oxygen atoms in total. The SMILES string of the molecule is CCC(C)NC(=O)CCc1nc2sc3c(c2c(=O)[nH]1)CCCC3. The van der Waals surface area contributed by atoms with Crippen LogP contribution in [-0.4, -0.2) is 21.9 Å². The number of H-pyrrole nitrogens is 1. The van der Waals surface area contributed by atoms with Crippen molar-refractivity contribution in [1.29, 1.82) is 0 Å². The monoisotopic (exact) mass is 333 g/mol. The van der Waals surface area contributed by atoms with Crippen LogP contribution in [0.4, 0.5) is 0 Å². The van der Waals surface area contributed by atoms with Crippen LogP contribution >= 0.6 is 11.3 Å². The van der Waals surface area contributed by atoms with Gasteiger partial charge in [-0.3, -0.25) is 9.59 Å². The Morgan fingerprint density at radius 1 is 1.39 bits per heavy atom. The fourth-order valence-corrected chi connectivity index (χ4v) is 4.29. The number of nitrogens with zero attached hydrogens (tertiary/aromatic N) is 1. The van der Waals surface area contributed by atoms with Gasteiger partial charge in [0.1, 0.15) is 10.7 Å². The summed E-state index contributed by atoms with van der Waals surface area (Å²) < 4.78 is 0. The molecule has 124 valence electrons. The number of hydrogen-bond acceptors (Lipinski definition) is 4. The third-order valence-electron chi connectivity index (χ3n) is 4.48. The Morgan fingerprint density at radius 3 is 2.96 bits per heavy atom. The minimum Gasteiger partial charge on any atom is -0.354 e. The largest absolute Gasteiger partial charge is 0.354 e. The quantitative estimate of drug-likeness (QED) is 0.883. The molecule has 1 aliphatic carbocycles. The van der Waals surface area contributed by atoms with Gasteiger partial charge in [-0.15, -0.1) is 11.3 Å². The zero-order valence-electron chi connectivity index (χ0n) is 13.7. The maximum Gasteiger partial charge on any atom is 0.259 e. The molecular formula is C17H23N3O2S. The molecule has 0 spiro atoms. The summed E-state index contributed by atoms with van der Waals surface area (Å²) in [5, 5.41) is 3.71. The molecule has 0 saturated carbocycles. The number of carbonyl (C=O) groups excluding carboxylic acids is 1. The zero-order valence-corrected chi connectivity index (χ0v) is 14.5. The zero-order chi connectivity index (χ0) is 16.4. The fourth-order valence-electron chi connectivity index (χ4n) is 3.01. The molecule has 2 aromatic rings. The summed E-state index contributed by atoms with van der Waals surface area (Å²) in [5.74, 6) is 0.618. The van der Waals surface area contributed by atoms with Crippen molar-refractivity contribution >= 4 is 27.5 Å². The second-order valence-corrected chi connectivity index (χ2v) is 7.36. The number of nitrogens with one attached hydrogen (secondary N) is 2. The van der Waals surface area contributed by atoms with E-state index >= 15 is 0 Å². The van der Waals surface area contributed by atoms with Crippen molar-refractivity contribution in [1.82, 2.24) is 15.3 Å². The Balaban J connectivity index is 1.78. The molecular weight excluding hydrogens is 310 g/mol. The molecule has 0 saturated heterocycles. The van der Waals surface area contributed by atoms with Crippen LogP contribution in [0.3, 0.4) is 0 Å². The van der Waals surface area contributed by atoms with Gasteiger partial charge in [-0.25, -0.2) is 4.98 Å². The van der Waals surface area contributed by atoms with Crippen molar-refractivity contribution < 1.29 is 4.79 Å². The summed E-state index contributed by atoms with van der Waals surface area (Å²) in [6.45, 7) is 4.02. The van der Waals surface area contributed by atoms with E-state index in [4.69, 9.17) is 0 Å². The number of aromatic amines is 1. The normalized spacial score (nSPS) is 15.4. The van der Waals surface area contributed by atoms with Crippen LogP contribution < -0.4 is 10.9 Å². The molecule has 3 rings (SSSR count). The van der Waals surface area contributed by atoms with Gasteiger partial charge in [-0.05, 0) is 44.6 Å². The van der Waals surface area contributed by atoms with Gasteiger partial charge < -0.3 is 10.3 Å². The molecule has 2 heterocycles. The summed E-state index contributed by atoms with van der Waals surface area (Å²) in [5.41, 5.74) is 1.15. The van der Waals surface area contributed by atoms with Crippen LogP contribution in [0.5, 0.6) is 0 Å². The van der Waals surface area contributed by atoms with E-state index in [1.54, 1.807) is 11.3 Å². The fraction of sp³-hybridized carbons (Fsp3) is 0.588. The van der Waals surface area contributed by atoms with Crippen LogP contribution in [0, 0.1) is 0 Å². The smallest absolute Gasteiger partial charge is 0.259 e. The Labute approximate surface area is 139 Å². The predicted octanol–water partition coefficient (Wildman–Crippen LogP) is 2.71. The van der Waals surface area contributed by atoms with Gasteiger partial charge in [-0.1, -0.05) is 6.92 Å².